The second-order valence-corrected chi connectivity index (χ2v) is 3.81. The molecule has 0 aromatic heterocycles. The first-order valence-electron chi connectivity index (χ1n) is 5.48. The van der Waals surface area contributed by atoms with Crippen molar-refractivity contribution in [1.29, 1.82) is 0 Å². The van der Waals surface area contributed by atoms with Crippen molar-refractivity contribution in [1.82, 2.24) is 0 Å². The maximum absolute atomic E-state index is 11.0. The van der Waals surface area contributed by atoms with Crippen LogP contribution in [0.15, 0.2) is 60.2 Å². The molecule has 0 bridgehead atoms. The summed E-state index contributed by atoms with van der Waals surface area (Å²) in [6, 6.07) is 10.2. The van der Waals surface area contributed by atoms with Gasteiger partial charge in [-0.25, -0.2) is 0 Å². The van der Waals surface area contributed by atoms with Crippen molar-refractivity contribution < 1.29 is 4.79 Å². The third kappa shape index (κ3) is 3.06. The summed E-state index contributed by atoms with van der Waals surface area (Å²) in [6.45, 7) is 0. The highest BCUT2D eigenvalue weighted by atomic mass is 16.1. The van der Waals surface area contributed by atoms with E-state index in [-0.39, 0.29) is 5.78 Å². The van der Waals surface area contributed by atoms with Gasteiger partial charge in [-0.2, -0.15) is 0 Å². The Kier molecular flexibility index (Phi) is 3.50. The van der Waals surface area contributed by atoms with E-state index in [9.17, 15) is 4.79 Å². The molecule has 0 N–H and O–H groups in total. The smallest absolute Gasteiger partial charge is 0.156 e. The van der Waals surface area contributed by atoms with Crippen molar-refractivity contribution in [2.75, 3.05) is 0 Å². The lowest BCUT2D eigenvalue weighted by Crippen LogP contribution is -1.98. The summed E-state index contributed by atoms with van der Waals surface area (Å²) in [7, 11) is 0. The molecule has 0 saturated carbocycles. The Morgan fingerprint density at radius 2 is 1.81 bits per heavy atom. The van der Waals surface area contributed by atoms with Crippen molar-refractivity contribution in [2.24, 2.45) is 0 Å². The first-order chi connectivity index (χ1) is 7.84. The highest BCUT2D eigenvalue weighted by Crippen LogP contribution is 2.14. The van der Waals surface area contributed by atoms with Gasteiger partial charge in [0, 0.05) is 6.42 Å². The average Bonchev–Trinajstić information content (AvgIpc) is 2.33. The summed E-state index contributed by atoms with van der Waals surface area (Å²) in [5.74, 6) is 0.226. The van der Waals surface area contributed by atoms with Crippen molar-refractivity contribution in [2.45, 2.75) is 12.8 Å². The SMILES string of the molecule is O=C1C=CC(=CC=Cc2ccccc2)CC1. The molecule has 1 nitrogen and oxygen atoms in total. The molecule has 0 saturated heterocycles. The van der Waals surface area contributed by atoms with Gasteiger partial charge in [-0.1, -0.05) is 54.6 Å². The quantitative estimate of drug-likeness (QED) is 0.729. The third-order valence-electron chi connectivity index (χ3n) is 2.54. The van der Waals surface area contributed by atoms with E-state index in [1.807, 2.05) is 30.4 Å². The molecule has 1 aromatic rings. The molecule has 0 heterocycles. The third-order valence-corrected chi connectivity index (χ3v) is 2.54. The van der Waals surface area contributed by atoms with Crippen molar-refractivity contribution in [3.63, 3.8) is 0 Å². The zero-order valence-electron chi connectivity index (χ0n) is 9.10. The average molecular weight is 210 g/mol. The Hall–Kier alpha value is -1.89. The highest BCUT2D eigenvalue weighted by molar-refractivity contribution is 5.91. The minimum atomic E-state index is 0.226. The van der Waals surface area contributed by atoms with Crippen molar-refractivity contribution in [3.8, 4) is 0 Å². The van der Waals surface area contributed by atoms with Crippen LogP contribution >= 0.6 is 0 Å². The molecular formula is C15H14O. The monoisotopic (exact) mass is 210 g/mol. The summed E-state index contributed by atoms with van der Waals surface area (Å²) in [4.78, 5) is 11.0. The van der Waals surface area contributed by atoms with Crippen LogP contribution in [0.2, 0.25) is 0 Å². The van der Waals surface area contributed by atoms with Crippen LogP contribution in [0, 0.1) is 0 Å². The molecule has 16 heavy (non-hydrogen) atoms. The number of hydrogen-bond donors (Lipinski definition) is 0. The van der Waals surface area contributed by atoms with Gasteiger partial charge in [0.25, 0.3) is 0 Å². The molecule has 1 aromatic carbocycles. The van der Waals surface area contributed by atoms with Gasteiger partial charge in [0.2, 0.25) is 0 Å². The fourth-order valence-electron chi connectivity index (χ4n) is 1.62. The molecule has 0 fully saturated rings. The Labute approximate surface area is 95.8 Å². The van der Waals surface area contributed by atoms with E-state index >= 15 is 0 Å². The molecule has 0 spiro atoms. The lowest BCUT2D eigenvalue weighted by atomic mass is 10.0. The van der Waals surface area contributed by atoms with Crippen molar-refractivity contribution >= 4 is 11.9 Å². The zero-order chi connectivity index (χ0) is 11.2. The van der Waals surface area contributed by atoms with E-state index in [1.165, 1.54) is 11.1 Å². The molecular weight excluding hydrogens is 196 g/mol. The number of rotatable bonds is 2. The van der Waals surface area contributed by atoms with Gasteiger partial charge >= 0.3 is 0 Å². The predicted octanol–water partition coefficient (Wildman–Crippen LogP) is 3.55. The van der Waals surface area contributed by atoms with Gasteiger partial charge in [-0.15, -0.1) is 0 Å². The molecule has 1 aliphatic rings. The van der Waals surface area contributed by atoms with Gasteiger partial charge in [-0.3, -0.25) is 4.79 Å². The Bertz CT molecular complexity index is 450. The molecule has 2 rings (SSSR count). The van der Waals surface area contributed by atoms with E-state index < -0.39 is 0 Å². The van der Waals surface area contributed by atoms with E-state index in [1.54, 1.807) is 6.08 Å². The largest absolute Gasteiger partial charge is 0.295 e. The second kappa shape index (κ2) is 5.26. The number of carbonyl (C=O) groups is 1. The summed E-state index contributed by atoms with van der Waals surface area (Å²) in [5.41, 5.74) is 2.40. The summed E-state index contributed by atoms with van der Waals surface area (Å²) >= 11 is 0. The molecule has 0 radical (unpaired) electrons. The predicted molar refractivity (Wildman–Crippen MR) is 66.9 cm³/mol. The normalized spacial score (nSPS) is 18.5. The first kappa shape index (κ1) is 10.6. The van der Waals surface area contributed by atoms with E-state index in [4.69, 9.17) is 0 Å². The highest BCUT2D eigenvalue weighted by Gasteiger charge is 2.04. The van der Waals surface area contributed by atoms with Gasteiger partial charge in [0.15, 0.2) is 5.78 Å². The molecule has 80 valence electrons. The number of ketones is 1. The van der Waals surface area contributed by atoms with Crippen molar-refractivity contribution in [3.05, 3.63) is 65.8 Å². The number of benzene rings is 1. The molecule has 0 amide bonds. The van der Waals surface area contributed by atoms with Crippen LogP contribution in [0.1, 0.15) is 18.4 Å². The minimum absolute atomic E-state index is 0.226. The lowest BCUT2D eigenvalue weighted by molar-refractivity contribution is -0.114. The summed E-state index contributed by atoms with van der Waals surface area (Å²) in [6.07, 6.45) is 11.2. The van der Waals surface area contributed by atoms with Crippen LogP contribution < -0.4 is 0 Å². The van der Waals surface area contributed by atoms with E-state index in [0.717, 1.165) is 6.42 Å². The second-order valence-electron chi connectivity index (χ2n) is 3.81. The maximum Gasteiger partial charge on any atom is 0.156 e. The topological polar surface area (TPSA) is 17.1 Å². The summed E-state index contributed by atoms with van der Waals surface area (Å²) in [5, 5.41) is 0. The maximum atomic E-state index is 11.0. The van der Waals surface area contributed by atoms with Crippen LogP contribution in [0.25, 0.3) is 6.08 Å². The molecule has 1 heteroatoms. The van der Waals surface area contributed by atoms with Crippen LogP contribution in [0.4, 0.5) is 0 Å². The fraction of sp³-hybridized carbons (Fsp3) is 0.133. The van der Waals surface area contributed by atoms with Crippen LogP contribution in [0.5, 0.6) is 0 Å². The molecule has 0 atom stereocenters. The van der Waals surface area contributed by atoms with E-state index in [2.05, 4.69) is 24.3 Å². The summed E-state index contributed by atoms with van der Waals surface area (Å²) < 4.78 is 0. The van der Waals surface area contributed by atoms with Crippen LogP contribution in [-0.2, 0) is 4.79 Å². The molecule has 0 aliphatic heterocycles. The van der Waals surface area contributed by atoms with Crippen LogP contribution in [-0.4, -0.2) is 5.78 Å². The van der Waals surface area contributed by atoms with Crippen LogP contribution in [0.3, 0.4) is 0 Å². The molecule has 0 unspecified atom stereocenters. The van der Waals surface area contributed by atoms with Gasteiger partial charge in [0.1, 0.15) is 0 Å². The van der Waals surface area contributed by atoms with Gasteiger partial charge in [0.05, 0.1) is 0 Å². The fourth-order valence-corrected chi connectivity index (χ4v) is 1.62. The Morgan fingerprint density at radius 1 is 1.00 bits per heavy atom. The van der Waals surface area contributed by atoms with Gasteiger partial charge < -0.3 is 0 Å². The van der Waals surface area contributed by atoms with E-state index in [0.29, 0.717) is 6.42 Å². The van der Waals surface area contributed by atoms with Gasteiger partial charge in [-0.05, 0) is 23.6 Å². The number of hydrogen-bond acceptors (Lipinski definition) is 1. The molecule has 1 aliphatic carbocycles. The lowest BCUT2D eigenvalue weighted by Gasteiger charge is -2.04. The first-order valence-corrected chi connectivity index (χ1v) is 5.48. The minimum Gasteiger partial charge on any atom is -0.295 e. The number of carbonyl (C=O) groups excluding carboxylic acids is 1. The number of allylic oxidation sites excluding steroid dienone is 5. The zero-order valence-corrected chi connectivity index (χ0v) is 9.10. The Balaban J connectivity index is 2.02. The Morgan fingerprint density at radius 3 is 2.50 bits per heavy atom. The standard InChI is InChI=1S/C15H14O/c16-15-11-9-14(10-12-15)8-4-7-13-5-2-1-3-6-13/h1-9,11H,10,12H2.